The number of nitrogens with zero attached hydrogens (tertiary/aromatic N) is 3. The number of carbonyl (C=O) groups is 1. The lowest BCUT2D eigenvalue weighted by Crippen LogP contribution is -2.14. The smallest absolute Gasteiger partial charge is 0.234 e. The van der Waals surface area contributed by atoms with Gasteiger partial charge in [-0.25, -0.2) is 0 Å². The van der Waals surface area contributed by atoms with Gasteiger partial charge in [0, 0.05) is 10.7 Å². The molecular formula is C16H12Cl2N4OS. The van der Waals surface area contributed by atoms with Crippen LogP contribution in [0.3, 0.4) is 0 Å². The molecule has 0 spiro atoms. The topological polar surface area (TPSA) is 59.8 Å². The number of halogens is 2. The Bertz CT molecular complexity index is 854. The third kappa shape index (κ3) is 4.08. The zero-order chi connectivity index (χ0) is 16.9. The third-order valence-corrected chi connectivity index (χ3v) is 4.58. The molecule has 0 saturated heterocycles. The number of amides is 1. The molecule has 0 aliphatic carbocycles. The maximum Gasteiger partial charge on any atom is 0.234 e. The van der Waals surface area contributed by atoms with Crippen molar-refractivity contribution in [3.63, 3.8) is 0 Å². The molecule has 1 heterocycles. The molecule has 0 unspecified atom stereocenters. The molecule has 0 aliphatic rings. The minimum Gasteiger partial charge on any atom is -0.324 e. The monoisotopic (exact) mass is 378 g/mol. The second kappa shape index (κ2) is 7.70. The second-order valence-corrected chi connectivity index (χ2v) is 6.57. The van der Waals surface area contributed by atoms with E-state index in [1.54, 1.807) is 24.5 Å². The van der Waals surface area contributed by atoms with Crippen molar-refractivity contribution >= 4 is 46.6 Å². The van der Waals surface area contributed by atoms with E-state index in [9.17, 15) is 4.79 Å². The number of nitrogens with one attached hydrogen (secondary N) is 1. The molecule has 1 N–H and O–H groups in total. The molecule has 122 valence electrons. The molecule has 0 radical (unpaired) electrons. The maximum atomic E-state index is 12.1. The van der Waals surface area contributed by atoms with Crippen molar-refractivity contribution in [1.29, 1.82) is 0 Å². The number of carbonyl (C=O) groups excluding carboxylic acids is 1. The minimum atomic E-state index is -0.188. The van der Waals surface area contributed by atoms with Crippen LogP contribution in [-0.2, 0) is 4.79 Å². The summed E-state index contributed by atoms with van der Waals surface area (Å²) in [5.74, 6) is -0.00311. The first kappa shape index (κ1) is 16.8. The van der Waals surface area contributed by atoms with Gasteiger partial charge in [-0.2, -0.15) is 0 Å². The summed E-state index contributed by atoms with van der Waals surface area (Å²) in [6.07, 6.45) is 1.62. The first-order valence-corrected chi connectivity index (χ1v) is 8.71. The van der Waals surface area contributed by atoms with Crippen molar-refractivity contribution in [1.82, 2.24) is 14.8 Å². The van der Waals surface area contributed by atoms with E-state index in [0.717, 1.165) is 5.69 Å². The summed E-state index contributed by atoms with van der Waals surface area (Å²) in [5.41, 5.74) is 1.46. The average molecular weight is 379 g/mol. The van der Waals surface area contributed by atoms with Gasteiger partial charge in [0.2, 0.25) is 5.91 Å². The van der Waals surface area contributed by atoms with Crippen LogP contribution in [0.1, 0.15) is 0 Å². The van der Waals surface area contributed by atoms with Gasteiger partial charge >= 0.3 is 0 Å². The van der Waals surface area contributed by atoms with E-state index in [4.69, 9.17) is 23.2 Å². The molecule has 24 heavy (non-hydrogen) atoms. The molecule has 3 rings (SSSR count). The Morgan fingerprint density at radius 3 is 2.71 bits per heavy atom. The molecule has 0 fully saturated rings. The highest BCUT2D eigenvalue weighted by Crippen LogP contribution is 2.26. The average Bonchev–Trinajstić information content (AvgIpc) is 3.05. The van der Waals surface area contributed by atoms with Gasteiger partial charge < -0.3 is 5.32 Å². The molecule has 0 aliphatic heterocycles. The Hall–Kier alpha value is -2.02. The van der Waals surface area contributed by atoms with E-state index in [1.807, 2.05) is 34.9 Å². The summed E-state index contributed by atoms with van der Waals surface area (Å²) >= 11 is 13.2. The Morgan fingerprint density at radius 2 is 1.96 bits per heavy atom. The zero-order valence-corrected chi connectivity index (χ0v) is 14.6. The van der Waals surface area contributed by atoms with Crippen molar-refractivity contribution in [3.05, 3.63) is 64.9 Å². The van der Waals surface area contributed by atoms with Gasteiger partial charge in [-0.1, -0.05) is 53.2 Å². The van der Waals surface area contributed by atoms with E-state index in [-0.39, 0.29) is 11.7 Å². The van der Waals surface area contributed by atoms with Crippen LogP contribution < -0.4 is 5.32 Å². The molecule has 3 aromatic rings. The summed E-state index contributed by atoms with van der Waals surface area (Å²) in [7, 11) is 0. The number of hydrogen-bond acceptors (Lipinski definition) is 4. The maximum absolute atomic E-state index is 12.1. The van der Waals surface area contributed by atoms with E-state index in [1.165, 1.54) is 11.8 Å². The van der Waals surface area contributed by atoms with Crippen LogP contribution in [-0.4, -0.2) is 26.4 Å². The summed E-state index contributed by atoms with van der Waals surface area (Å²) in [4.78, 5) is 12.1. The molecular weight excluding hydrogens is 367 g/mol. The number of anilines is 1. The Kier molecular flexibility index (Phi) is 5.40. The lowest BCUT2D eigenvalue weighted by Gasteiger charge is -2.08. The molecule has 0 saturated carbocycles. The van der Waals surface area contributed by atoms with Gasteiger partial charge in [-0.15, -0.1) is 10.2 Å². The fraction of sp³-hybridized carbons (Fsp3) is 0.0625. The molecule has 0 bridgehead atoms. The highest BCUT2D eigenvalue weighted by molar-refractivity contribution is 7.99. The normalized spacial score (nSPS) is 10.6. The van der Waals surface area contributed by atoms with Crippen LogP contribution in [0.4, 0.5) is 5.69 Å². The standard InChI is InChI=1S/C16H12Cl2N4OS/c17-11-6-7-14(13(18)8-11)20-15(23)9-24-16-21-19-10-22(16)12-4-2-1-3-5-12/h1-8,10H,9H2,(H,20,23). The van der Waals surface area contributed by atoms with Gasteiger partial charge in [-0.05, 0) is 30.3 Å². The van der Waals surface area contributed by atoms with E-state index < -0.39 is 0 Å². The molecule has 2 aromatic carbocycles. The van der Waals surface area contributed by atoms with E-state index >= 15 is 0 Å². The van der Waals surface area contributed by atoms with Crippen LogP contribution >= 0.6 is 35.0 Å². The van der Waals surface area contributed by atoms with Gasteiger partial charge in [-0.3, -0.25) is 9.36 Å². The van der Waals surface area contributed by atoms with Gasteiger partial charge in [0.15, 0.2) is 5.16 Å². The van der Waals surface area contributed by atoms with Crippen LogP contribution in [0.5, 0.6) is 0 Å². The number of hydrogen-bond donors (Lipinski definition) is 1. The highest BCUT2D eigenvalue weighted by Gasteiger charge is 2.11. The van der Waals surface area contributed by atoms with Crippen LogP contribution in [0.15, 0.2) is 60.0 Å². The predicted molar refractivity (Wildman–Crippen MR) is 97.2 cm³/mol. The lowest BCUT2D eigenvalue weighted by molar-refractivity contribution is -0.113. The summed E-state index contributed by atoms with van der Waals surface area (Å²) in [6.45, 7) is 0. The van der Waals surface area contributed by atoms with E-state index in [2.05, 4.69) is 15.5 Å². The first-order chi connectivity index (χ1) is 11.6. The number of para-hydroxylation sites is 1. The summed E-state index contributed by atoms with van der Waals surface area (Å²) in [6, 6.07) is 14.6. The van der Waals surface area contributed by atoms with Gasteiger partial charge in [0.1, 0.15) is 6.33 Å². The molecule has 5 nitrogen and oxygen atoms in total. The molecule has 8 heteroatoms. The highest BCUT2D eigenvalue weighted by atomic mass is 35.5. The van der Waals surface area contributed by atoms with E-state index in [0.29, 0.717) is 20.9 Å². The molecule has 0 atom stereocenters. The number of benzene rings is 2. The lowest BCUT2D eigenvalue weighted by atomic mass is 10.3. The number of aromatic nitrogens is 3. The van der Waals surface area contributed by atoms with Gasteiger partial charge in [0.25, 0.3) is 0 Å². The zero-order valence-electron chi connectivity index (χ0n) is 12.3. The summed E-state index contributed by atoms with van der Waals surface area (Å²) in [5, 5.41) is 12.3. The van der Waals surface area contributed by atoms with Crippen molar-refractivity contribution < 1.29 is 4.79 Å². The predicted octanol–water partition coefficient (Wildman–Crippen LogP) is 4.30. The van der Waals surface area contributed by atoms with Crippen molar-refractivity contribution in [2.45, 2.75) is 5.16 Å². The first-order valence-electron chi connectivity index (χ1n) is 6.96. The molecule has 1 aromatic heterocycles. The second-order valence-electron chi connectivity index (χ2n) is 4.78. The fourth-order valence-electron chi connectivity index (χ4n) is 2.00. The quantitative estimate of drug-likeness (QED) is 0.672. The Labute approximate surface area is 153 Å². The molecule has 1 amide bonds. The van der Waals surface area contributed by atoms with Crippen molar-refractivity contribution in [2.24, 2.45) is 0 Å². The van der Waals surface area contributed by atoms with Crippen LogP contribution in [0.25, 0.3) is 5.69 Å². The van der Waals surface area contributed by atoms with Gasteiger partial charge in [0.05, 0.1) is 16.5 Å². The van der Waals surface area contributed by atoms with Crippen LogP contribution in [0, 0.1) is 0 Å². The fourth-order valence-corrected chi connectivity index (χ4v) is 3.18. The third-order valence-electron chi connectivity index (χ3n) is 3.09. The largest absolute Gasteiger partial charge is 0.324 e. The minimum absolute atomic E-state index is 0.185. The summed E-state index contributed by atoms with van der Waals surface area (Å²) < 4.78 is 1.83. The number of thioether (sulfide) groups is 1. The Balaban J connectivity index is 1.64. The van der Waals surface area contributed by atoms with Crippen molar-refractivity contribution in [2.75, 3.05) is 11.1 Å². The SMILES string of the molecule is O=C(CSc1nncn1-c1ccccc1)Nc1ccc(Cl)cc1Cl. The van der Waals surface area contributed by atoms with Crippen molar-refractivity contribution in [3.8, 4) is 5.69 Å². The van der Waals surface area contributed by atoms with Crippen LogP contribution in [0.2, 0.25) is 10.0 Å². The number of rotatable bonds is 5. The Morgan fingerprint density at radius 1 is 1.17 bits per heavy atom.